The Kier molecular flexibility index (Phi) is 8.16. The van der Waals surface area contributed by atoms with Gasteiger partial charge in [0.25, 0.3) is 0 Å². The number of nitrogens with zero attached hydrogens (tertiary/aromatic N) is 4. The van der Waals surface area contributed by atoms with E-state index in [9.17, 15) is 0 Å². The van der Waals surface area contributed by atoms with Crippen molar-refractivity contribution >= 4 is 34.5 Å². The summed E-state index contributed by atoms with van der Waals surface area (Å²) in [5, 5.41) is 1.87. The number of aliphatic imine (C=N–C) groups is 4. The molecule has 0 bridgehead atoms. The summed E-state index contributed by atoms with van der Waals surface area (Å²) in [4.78, 5) is 21.2. The van der Waals surface area contributed by atoms with Crippen LogP contribution in [0.4, 0.5) is 0 Å². The Bertz CT molecular complexity index is 2360. The van der Waals surface area contributed by atoms with E-state index in [1.807, 2.05) is 84.9 Å². The van der Waals surface area contributed by atoms with Gasteiger partial charge in [-0.1, -0.05) is 182 Å². The first-order valence-corrected chi connectivity index (χ1v) is 17.4. The van der Waals surface area contributed by atoms with Crippen LogP contribution in [-0.2, 0) is 0 Å². The van der Waals surface area contributed by atoms with E-state index in [0.29, 0.717) is 11.6 Å². The van der Waals surface area contributed by atoms with Gasteiger partial charge in [-0.15, -0.1) is 0 Å². The first-order valence-electron chi connectivity index (χ1n) is 17.4. The van der Waals surface area contributed by atoms with Crippen LogP contribution in [0, 0.1) is 0 Å². The van der Waals surface area contributed by atoms with Crippen molar-refractivity contribution in [3.05, 3.63) is 227 Å². The molecule has 52 heavy (non-hydrogen) atoms. The SMILES string of the molecule is c1ccc(C2=NC(=c3cc(-c4ccccc4)c(=C4N=C(c5ccccc5)C(c5ccccc5)=N4)cc3-c3ccccc3)N=C2c2ccccc2)cc1. The highest BCUT2D eigenvalue weighted by molar-refractivity contribution is 6.56. The van der Waals surface area contributed by atoms with Crippen molar-refractivity contribution in [3.8, 4) is 22.3 Å². The Morgan fingerprint density at radius 1 is 0.231 bits per heavy atom. The van der Waals surface area contributed by atoms with E-state index in [1.54, 1.807) is 0 Å². The van der Waals surface area contributed by atoms with Crippen LogP contribution in [0.25, 0.3) is 33.9 Å². The molecule has 2 aliphatic rings. The van der Waals surface area contributed by atoms with Crippen molar-refractivity contribution < 1.29 is 0 Å². The van der Waals surface area contributed by atoms with Crippen LogP contribution in [0.15, 0.2) is 214 Å². The van der Waals surface area contributed by atoms with E-state index in [-0.39, 0.29) is 0 Å². The van der Waals surface area contributed by atoms with E-state index in [4.69, 9.17) is 20.0 Å². The van der Waals surface area contributed by atoms with Crippen molar-refractivity contribution in [1.29, 1.82) is 0 Å². The highest BCUT2D eigenvalue weighted by atomic mass is 15.0. The molecule has 0 unspecified atom stereocenters. The molecule has 2 aliphatic heterocycles. The molecule has 0 aliphatic carbocycles. The molecule has 244 valence electrons. The molecule has 7 aromatic rings. The third-order valence-corrected chi connectivity index (χ3v) is 9.32. The molecule has 7 aromatic carbocycles. The zero-order valence-corrected chi connectivity index (χ0v) is 28.3. The predicted molar refractivity (Wildman–Crippen MR) is 215 cm³/mol. The molecule has 2 heterocycles. The van der Waals surface area contributed by atoms with Crippen LogP contribution >= 0.6 is 0 Å². The van der Waals surface area contributed by atoms with Gasteiger partial charge in [-0.3, -0.25) is 0 Å². The van der Waals surface area contributed by atoms with Crippen LogP contribution in [0.5, 0.6) is 0 Å². The minimum absolute atomic E-state index is 0.665. The van der Waals surface area contributed by atoms with E-state index in [2.05, 4.69) is 109 Å². The number of hydrogen-bond acceptors (Lipinski definition) is 4. The van der Waals surface area contributed by atoms with Gasteiger partial charge in [-0.05, 0) is 34.4 Å². The zero-order valence-electron chi connectivity index (χ0n) is 28.3. The Hall–Kier alpha value is -7.04. The van der Waals surface area contributed by atoms with Gasteiger partial charge in [0.2, 0.25) is 0 Å². The van der Waals surface area contributed by atoms with Crippen molar-refractivity contribution in [3.63, 3.8) is 0 Å². The Labute approximate surface area is 302 Å². The third kappa shape index (κ3) is 5.93. The molecule has 0 aromatic heterocycles. The molecule has 4 heteroatoms. The second-order valence-electron chi connectivity index (χ2n) is 12.6. The van der Waals surface area contributed by atoms with Gasteiger partial charge < -0.3 is 0 Å². The molecule has 0 saturated heterocycles. The first-order chi connectivity index (χ1) is 25.8. The molecular weight excluding hydrogens is 633 g/mol. The summed E-state index contributed by atoms with van der Waals surface area (Å²) in [7, 11) is 0. The lowest BCUT2D eigenvalue weighted by Gasteiger charge is -2.10. The lowest BCUT2D eigenvalue weighted by molar-refractivity contribution is 1.36. The summed E-state index contributed by atoms with van der Waals surface area (Å²) in [6.07, 6.45) is 0. The van der Waals surface area contributed by atoms with Crippen molar-refractivity contribution in [2.45, 2.75) is 0 Å². The summed E-state index contributed by atoms with van der Waals surface area (Å²) in [6.45, 7) is 0. The van der Waals surface area contributed by atoms with Gasteiger partial charge in [0.1, 0.15) is 0 Å². The number of benzene rings is 7. The lowest BCUT2D eigenvalue weighted by Crippen LogP contribution is -2.18. The van der Waals surface area contributed by atoms with Crippen molar-refractivity contribution in [2.75, 3.05) is 0 Å². The number of rotatable bonds is 6. The van der Waals surface area contributed by atoms with Crippen molar-refractivity contribution in [1.82, 2.24) is 0 Å². The molecule has 9 rings (SSSR count). The van der Waals surface area contributed by atoms with Gasteiger partial charge >= 0.3 is 0 Å². The molecule has 0 atom stereocenters. The maximum atomic E-state index is 5.31. The summed E-state index contributed by atoms with van der Waals surface area (Å²) in [5.41, 5.74) is 11.6. The van der Waals surface area contributed by atoms with Gasteiger partial charge in [-0.25, -0.2) is 20.0 Å². The first kappa shape index (κ1) is 31.0. The topological polar surface area (TPSA) is 49.4 Å². The molecule has 0 N–H and O–H groups in total. The van der Waals surface area contributed by atoms with Crippen LogP contribution < -0.4 is 10.4 Å². The van der Waals surface area contributed by atoms with Crippen LogP contribution in [0.3, 0.4) is 0 Å². The molecule has 4 nitrogen and oxygen atoms in total. The summed E-state index contributed by atoms with van der Waals surface area (Å²) >= 11 is 0. The Morgan fingerprint density at radius 2 is 0.442 bits per heavy atom. The summed E-state index contributed by atoms with van der Waals surface area (Å²) < 4.78 is 0. The maximum Gasteiger partial charge on any atom is 0.161 e. The second-order valence-corrected chi connectivity index (χ2v) is 12.6. The average molecular weight is 665 g/mol. The molecule has 0 saturated carbocycles. The van der Waals surface area contributed by atoms with Gasteiger partial charge in [0.15, 0.2) is 11.6 Å². The van der Waals surface area contributed by atoms with Crippen LogP contribution in [-0.4, -0.2) is 22.8 Å². The summed E-state index contributed by atoms with van der Waals surface area (Å²) in [5.74, 6) is 1.33. The monoisotopic (exact) mass is 664 g/mol. The fourth-order valence-electron chi connectivity index (χ4n) is 6.80. The standard InChI is InChI=1S/C48H32N4/c1-7-19-33(20-8-1)39-31-42(48-51-45(37-27-15-5-16-28-37)46(52-48)38-29-17-6-18-30-38)40(34-21-9-2-10-22-34)32-41(39)47-49-43(35-23-11-3-12-24-35)44(50-47)36-25-13-4-14-26-36/h1-32H. The normalized spacial score (nSPS) is 13.8. The quantitative estimate of drug-likeness (QED) is 0.170. The zero-order chi connectivity index (χ0) is 34.7. The average Bonchev–Trinajstić information content (AvgIpc) is 3.89. The van der Waals surface area contributed by atoms with Gasteiger partial charge in [0.05, 0.1) is 22.8 Å². The third-order valence-electron chi connectivity index (χ3n) is 9.32. The largest absolute Gasteiger partial charge is 0.226 e. The van der Waals surface area contributed by atoms with Crippen LogP contribution in [0.2, 0.25) is 0 Å². The minimum atomic E-state index is 0.665. The Morgan fingerprint density at radius 3 is 0.673 bits per heavy atom. The summed E-state index contributed by atoms with van der Waals surface area (Å²) in [6, 6.07) is 66.6. The molecule has 0 amide bonds. The second kappa shape index (κ2) is 13.7. The molecule has 0 spiro atoms. The van der Waals surface area contributed by atoms with E-state index in [0.717, 1.165) is 77.8 Å². The number of hydrogen-bond donors (Lipinski definition) is 0. The van der Waals surface area contributed by atoms with Crippen molar-refractivity contribution in [2.24, 2.45) is 20.0 Å². The van der Waals surface area contributed by atoms with Crippen LogP contribution in [0.1, 0.15) is 22.3 Å². The molecular formula is C48H32N4. The van der Waals surface area contributed by atoms with E-state index in [1.165, 1.54) is 0 Å². The highest BCUT2D eigenvalue weighted by Crippen LogP contribution is 2.27. The maximum absolute atomic E-state index is 5.31. The molecule has 0 radical (unpaired) electrons. The molecule has 0 fully saturated rings. The van der Waals surface area contributed by atoms with E-state index < -0.39 is 0 Å². The lowest BCUT2D eigenvalue weighted by atomic mass is 9.95. The minimum Gasteiger partial charge on any atom is -0.226 e. The highest BCUT2D eigenvalue weighted by Gasteiger charge is 2.24. The van der Waals surface area contributed by atoms with Gasteiger partial charge in [0, 0.05) is 32.7 Å². The smallest absolute Gasteiger partial charge is 0.161 e. The van der Waals surface area contributed by atoms with E-state index >= 15 is 0 Å². The fourth-order valence-corrected chi connectivity index (χ4v) is 6.80. The van der Waals surface area contributed by atoms with Gasteiger partial charge in [-0.2, -0.15) is 0 Å². The fraction of sp³-hybridized carbons (Fsp3) is 0. The Balaban J connectivity index is 1.39. The predicted octanol–water partition coefficient (Wildman–Crippen LogP) is 9.14.